The minimum atomic E-state index is -2.02. The van der Waals surface area contributed by atoms with Crippen molar-refractivity contribution in [1.82, 2.24) is 9.88 Å². The van der Waals surface area contributed by atoms with Crippen LogP contribution in [0.1, 0.15) is 61.0 Å². The van der Waals surface area contributed by atoms with Crippen molar-refractivity contribution >= 4 is 62.2 Å². The summed E-state index contributed by atoms with van der Waals surface area (Å²) in [5.74, 6) is -7.36. The van der Waals surface area contributed by atoms with Crippen LogP contribution < -0.4 is 30.9 Å². The second-order valence-electron chi connectivity index (χ2n) is 17.3. The Morgan fingerprint density at radius 2 is 1.65 bits per heavy atom. The number of phenols is 1. The number of allylic oxidation sites excluding steroid dienone is 2. The topological polar surface area (TPSA) is 254 Å². The summed E-state index contributed by atoms with van der Waals surface area (Å²) in [7, 11) is 3.02. The number of ether oxygens (including phenoxy) is 5. The molecule has 3 aromatic carbocycles. The highest BCUT2D eigenvalue weighted by Gasteiger charge is 2.44. The molecule has 9 atom stereocenters. The van der Waals surface area contributed by atoms with Crippen LogP contribution in [0.25, 0.3) is 38.7 Å². The molecule has 1 aromatic heterocycles. The van der Waals surface area contributed by atoms with Gasteiger partial charge in [0.1, 0.15) is 41.2 Å². The van der Waals surface area contributed by atoms with E-state index in [0.29, 0.717) is 0 Å². The first-order valence-corrected chi connectivity index (χ1v) is 21.5. The van der Waals surface area contributed by atoms with Gasteiger partial charge < -0.3 is 58.7 Å². The Morgan fingerprint density at radius 1 is 0.955 bits per heavy atom. The predicted octanol–water partition coefficient (Wildman–Crippen LogP) is 4.42. The Hall–Kier alpha value is -6.50. The molecule has 0 spiro atoms. The molecule has 0 saturated carbocycles. The SMILES string of the molecule is CO[C@H]1/C=C/O[C@@]2(C)Oc3c(C)c(O)c4c(=O)c(c5oc6cc(OCCN(C)C(C)=O)cc(=O)c6nc5c4c3=C2O)NC(=O)/C(C)=C\C=C\[C@H](C)[C@H](O)[C@@H](C)[C@@H](O)[C@@H](C)[C@H](OC(C)=O)[C@@H]1C. The summed E-state index contributed by atoms with van der Waals surface area (Å²) in [6, 6.07) is 2.54. The first-order valence-electron chi connectivity index (χ1n) is 21.5. The number of hydrogen-bond donors (Lipinski definition) is 5. The van der Waals surface area contributed by atoms with Crippen molar-refractivity contribution in [2.75, 3.05) is 32.6 Å². The zero-order valence-electron chi connectivity index (χ0n) is 38.7. The molecule has 3 heterocycles. The average molecular weight is 916 g/mol. The molecule has 18 nitrogen and oxygen atoms in total. The van der Waals surface area contributed by atoms with Crippen molar-refractivity contribution in [2.45, 2.75) is 92.5 Å². The van der Waals surface area contributed by atoms with Crippen LogP contribution in [-0.4, -0.2) is 106 Å². The number of phenolic OH excluding ortho intramolecular Hbond substituents is 1. The van der Waals surface area contributed by atoms with E-state index in [2.05, 4.69) is 10.3 Å². The van der Waals surface area contributed by atoms with E-state index in [9.17, 15) is 44.4 Å². The Kier molecular flexibility index (Phi) is 14.2. The first-order chi connectivity index (χ1) is 31.0. The fourth-order valence-corrected chi connectivity index (χ4v) is 8.41. The number of methoxy groups -OCH3 is 1. The minimum absolute atomic E-state index is 0.0194. The molecular formula is C48H57N3O15. The van der Waals surface area contributed by atoms with E-state index in [0.717, 1.165) is 0 Å². The zero-order valence-corrected chi connectivity index (χ0v) is 38.7. The largest absolute Gasteiger partial charge is 0.507 e. The molecule has 4 bridgehead atoms. The number of aromatic hydroxyl groups is 1. The third-order valence-electron chi connectivity index (χ3n) is 12.6. The standard InChI is InChI=1S/C48H57N3O15/c1-21-13-12-14-22(2)47(60)50-38-42(58)34-33(37-45(38)65-32-20-29(19-30(54)36(32)49-37)62-18-16-51(10)27(7)52)35-44(26(6)41(34)57)66-48(9,46(35)59)63-17-15-31(61-11)23(3)43(64-28(8)53)25(5)40(56)24(4)39(21)55/h12-15,17,19-21,23-25,31,39-40,43,55-57,59H,16,18H2,1-11H3,(H,50,60)/b13-12+,17-15+,22-14-/t21-,23+,24+,25+,31-,39-,40+,43+,48-/m0/s1. The van der Waals surface area contributed by atoms with Crippen molar-refractivity contribution < 1.29 is 62.9 Å². The first kappa shape index (κ1) is 48.9. The van der Waals surface area contributed by atoms with E-state index < -0.39 is 93.8 Å². The third kappa shape index (κ3) is 9.17. The molecule has 0 radical (unpaired) electrons. The molecule has 4 aromatic rings. The summed E-state index contributed by atoms with van der Waals surface area (Å²) in [4.78, 5) is 72.6. The van der Waals surface area contributed by atoms with Gasteiger partial charge in [-0.05, 0) is 19.9 Å². The lowest BCUT2D eigenvalue weighted by Crippen LogP contribution is -2.46. The van der Waals surface area contributed by atoms with E-state index >= 15 is 0 Å². The zero-order chi connectivity index (χ0) is 48.7. The van der Waals surface area contributed by atoms with E-state index in [-0.39, 0.29) is 79.9 Å². The number of aliphatic hydroxyl groups is 3. The van der Waals surface area contributed by atoms with Gasteiger partial charge >= 0.3 is 11.8 Å². The number of rotatable bonds is 6. The van der Waals surface area contributed by atoms with Gasteiger partial charge in [-0.1, -0.05) is 45.9 Å². The van der Waals surface area contributed by atoms with Gasteiger partial charge in [0.05, 0.1) is 41.7 Å². The number of likely N-dealkylation sites (N-methyl/N-ethyl adjacent to an activating group) is 1. The molecule has 0 aliphatic carbocycles. The summed E-state index contributed by atoms with van der Waals surface area (Å²) < 4.78 is 35.9. The number of aromatic nitrogens is 1. The fourth-order valence-electron chi connectivity index (χ4n) is 8.41. The maximum Gasteiger partial charge on any atom is 0.307 e. The van der Waals surface area contributed by atoms with Gasteiger partial charge in [0.15, 0.2) is 22.4 Å². The number of fused-ring (bicyclic) bond motifs is 2. The monoisotopic (exact) mass is 915 g/mol. The summed E-state index contributed by atoms with van der Waals surface area (Å²) in [6.07, 6.45) is 3.33. The van der Waals surface area contributed by atoms with Crippen molar-refractivity contribution in [3.63, 3.8) is 0 Å². The van der Waals surface area contributed by atoms with Crippen molar-refractivity contribution in [2.24, 2.45) is 23.7 Å². The number of anilines is 1. The van der Waals surface area contributed by atoms with Crippen LogP contribution in [0.5, 0.6) is 17.2 Å². The number of benzene rings is 3. The van der Waals surface area contributed by atoms with Gasteiger partial charge in [-0.15, -0.1) is 0 Å². The molecule has 2 aliphatic heterocycles. The third-order valence-corrected chi connectivity index (χ3v) is 12.6. The highest BCUT2D eigenvalue weighted by atomic mass is 16.7. The smallest absolute Gasteiger partial charge is 0.307 e. The lowest BCUT2D eigenvalue weighted by molar-refractivity contribution is -0.160. The Bertz CT molecular complexity index is 2870. The van der Waals surface area contributed by atoms with Crippen LogP contribution in [0.15, 0.2) is 62.3 Å². The van der Waals surface area contributed by atoms with Crippen LogP contribution >= 0.6 is 0 Å². The summed E-state index contributed by atoms with van der Waals surface area (Å²) >= 11 is 0. The lowest BCUT2D eigenvalue weighted by Gasteiger charge is -2.38. The van der Waals surface area contributed by atoms with Crippen molar-refractivity contribution in [3.05, 3.63) is 79.5 Å². The quantitative estimate of drug-likeness (QED) is 0.102. The van der Waals surface area contributed by atoms with Crippen LogP contribution in [0.3, 0.4) is 0 Å². The summed E-state index contributed by atoms with van der Waals surface area (Å²) in [5, 5.41) is 48.8. The molecule has 2 amide bonds. The molecule has 6 rings (SSSR count). The lowest BCUT2D eigenvalue weighted by atomic mass is 9.78. The number of nitrogens with zero attached hydrogens (tertiary/aromatic N) is 2. The van der Waals surface area contributed by atoms with E-state index in [1.807, 2.05) is 0 Å². The second kappa shape index (κ2) is 19.1. The van der Waals surface area contributed by atoms with E-state index in [1.165, 1.54) is 77.2 Å². The van der Waals surface area contributed by atoms with Crippen LogP contribution in [-0.2, 0) is 28.6 Å². The minimum Gasteiger partial charge on any atom is -0.507 e. The molecular weight excluding hydrogens is 859 g/mol. The molecule has 5 N–H and O–H groups in total. The maximum atomic E-state index is 14.8. The summed E-state index contributed by atoms with van der Waals surface area (Å²) in [6.45, 7) is 14.0. The number of carbonyl (C=O) groups is 3. The number of nitrogens with one attached hydrogen (secondary N) is 1. The highest BCUT2D eigenvalue weighted by molar-refractivity contribution is 6.16. The number of esters is 1. The van der Waals surface area contributed by atoms with Crippen LogP contribution in [0.4, 0.5) is 5.69 Å². The Balaban J connectivity index is 1.62. The van der Waals surface area contributed by atoms with Gasteiger partial charge in [0, 0.05) is 87.3 Å². The van der Waals surface area contributed by atoms with Gasteiger partial charge in [-0.2, -0.15) is 0 Å². The van der Waals surface area contributed by atoms with Crippen molar-refractivity contribution in [1.29, 1.82) is 0 Å². The predicted molar refractivity (Wildman–Crippen MR) is 244 cm³/mol. The molecule has 18 heteroatoms. The van der Waals surface area contributed by atoms with Crippen LogP contribution in [0.2, 0.25) is 0 Å². The molecule has 354 valence electrons. The van der Waals surface area contributed by atoms with E-state index in [4.69, 9.17) is 28.1 Å². The van der Waals surface area contributed by atoms with Gasteiger partial charge in [-0.3, -0.25) is 24.0 Å². The Morgan fingerprint density at radius 3 is 2.30 bits per heavy atom. The number of carbonyl (C=O) groups excluding carboxylic acids is 3. The van der Waals surface area contributed by atoms with Crippen molar-refractivity contribution in [3.8, 4) is 17.2 Å². The summed E-state index contributed by atoms with van der Waals surface area (Å²) in [5.41, 5.74) is -2.83. The average Bonchev–Trinajstić information content (AvgIpc) is 3.53. The van der Waals surface area contributed by atoms with E-state index in [1.54, 1.807) is 46.9 Å². The molecule has 0 saturated heterocycles. The van der Waals surface area contributed by atoms with Gasteiger partial charge in [0.25, 0.3) is 5.91 Å². The number of amides is 2. The molecule has 2 aliphatic rings. The highest BCUT2D eigenvalue weighted by Crippen LogP contribution is 2.42. The Labute approximate surface area is 379 Å². The second-order valence-corrected chi connectivity index (χ2v) is 17.3. The maximum absolute atomic E-state index is 14.8. The molecule has 66 heavy (non-hydrogen) atoms. The molecule has 0 unspecified atom stereocenters. The fraction of sp³-hybridized carbons (Fsp3) is 0.458. The normalized spacial score (nSPS) is 28.0. The van der Waals surface area contributed by atoms with Gasteiger partial charge in [0.2, 0.25) is 16.8 Å². The number of aliphatic hydroxyl groups excluding tert-OH is 3. The molecule has 0 fully saturated rings. The number of hydrogen-bond acceptors (Lipinski definition) is 16. The van der Waals surface area contributed by atoms with Crippen LogP contribution in [0, 0.1) is 30.6 Å². The van der Waals surface area contributed by atoms with Gasteiger partial charge in [-0.25, -0.2) is 4.98 Å².